The first-order valence-electron chi connectivity index (χ1n) is 5.06. The third kappa shape index (κ3) is 3.06. The Hall–Kier alpha value is -1.35. The molecule has 0 atom stereocenters. The second-order valence-corrected chi connectivity index (χ2v) is 3.34. The van der Waals surface area contributed by atoms with E-state index in [1.165, 1.54) is 0 Å². The molecule has 0 heterocycles. The van der Waals surface area contributed by atoms with E-state index in [4.69, 9.17) is 9.84 Å². The fraction of sp³-hybridized carbons (Fsp3) is 0.417. The molecule has 0 radical (unpaired) electrons. The molecule has 3 heteroatoms. The number of aryl methyl sites for hydroxylation is 1. The van der Waals surface area contributed by atoms with Crippen molar-refractivity contribution in [3.8, 4) is 0 Å². The molecule has 15 heavy (non-hydrogen) atoms. The summed E-state index contributed by atoms with van der Waals surface area (Å²) in [6, 6.07) is 5.40. The summed E-state index contributed by atoms with van der Waals surface area (Å²) in [5.41, 5.74) is 2.62. The summed E-state index contributed by atoms with van der Waals surface area (Å²) >= 11 is 0. The van der Waals surface area contributed by atoms with E-state index in [0.717, 1.165) is 11.1 Å². The SMILES string of the molecule is CCOC(=O)c1ccc(C)c(CCO)c1. The molecule has 1 N–H and O–H groups in total. The van der Waals surface area contributed by atoms with E-state index < -0.39 is 0 Å². The molecular weight excluding hydrogens is 192 g/mol. The molecule has 0 unspecified atom stereocenters. The van der Waals surface area contributed by atoms with E-state index in [9.17, 15) is 4.79 Å². The first-order chi connectivity index (χ1) is 7.19. The Morgan fingerprint density at radius 3 is 2.80 bits per heavy atom. The average Bonchev–Trinajstić information content (AvgIpc) is 2.22. The summed E-state index contributed by atoms with van der Waals surface area (Å²) in [6.07, 6.45) is 0.569. The minimum atomic E-state index is -0.309. The average molecular weight is 208 g/mol. The minimum absolute atomic E-state index is 0.0904. The lowest BCUT2D eigenvalue weighted by molar-refractivity contribution is 0.0526. The number of aliphatic hydroxyl groups excluding tert-OH is 1. The Balaban J connectivity index is 2.91. The van der Waals surface area contributed by atoms with Gasteiger partial charge in [-0.1, -0.05) is 6.07 Å². The van der Waals surface area contributed by atoms with Gasteiger partial charge >= 0.3 is 5.97 Å². The lowest BCUT2D eigenvalue weighted by atomic mass is 10.0. The van der Waals surface area contributed by atoms with E-state index in [1.54, 1.807) is 19.1 Å². The molecule has 0 aromatic heterocycles. The monoisotopic (exact) mass is 208 g/mol. The molecule has 0 spiro atoms. The number of carbonyl (C=O) groups is 1. The number of aliphatic hydroxyl groups is 1. The van der Waals surface area contributed by atoms with Crippen LogP contribution in [-0.4, -0.2) is 24.3 Å². The first kappa shape index (κ1) is 11.7. The molecule has 0 aliphatic carbocycles. The Morgan fingerprint density at radius 1 is 1.47 bits per heavy atom. The standard InChI is InChI=1S/C12H16O3/c1-3-15-12(14)11-5-4-9(2)10(8-11)6-7-13/h4-5,8,13H,3,6-7H2,1-2H3. The van der Waals surface area contributed by atoms with Crippen LogP contribution in [0, 0.1) is 6.92 Å². The van der Waals surface area contributed by atoms with Crippen LogP contribution < -0.4 is 0 Å². The lowest BCUT2D eigenvalue weighted by Gasteiger charge is -2.07. The van der Waals surface area contributed by atoms with Crippen LogP contribution in [0.4, 0.5) is 0 Å². The second-order valence-electron chi connectivity index (χ2n) is 3.34. The van der Waals surface area contributed by atoms with Gasteiger partial charge in [0.15, 0.2) is 0 Å². The minimum Gasteiger partial charge on any atom is -0.462 e. The molecule has 0 fully saturated rings. The second kappa shape index (κ2) is 5.51. The molecule has 0 bridgehead atoms. The third-order valence-electron chi connectivity index (χ3n) is 2.24. The largest absolute Gasteiger partial charge is 0.462 e. The lowest BCUT2D eigenvalue weighted by Crippen LogP contribution is -2.06. The van der Waals surface area contributed by atoms with Crippen molar-refractivity contribution >= 4 is 5.97 Å². The van der Waals surface area contributed by atoms with Crippen LogP contribution in [0.1, 0.15) is 28.4 Å². The highest BCUT2D eigenvalue weighted by Gasteiger charge is 2.08. The topological polar surface area (TPSA) is 46.5 Å². The summed E-state index contributed by atoms with van der Waals surface area (Å²) in [4.78, 5) is 11.4. The molecule has 82 valence electrons. The van der Waals surface area contributed by atoms with Gasteiger partial charge in [0.1, 0.15) is 0 Å². The van der Waals surface area contributed by atoms with Crippen molar-refractivity contribution in [1.82, 2.24) is 0 Å². The highest BCUT2D eigenvalue weighted by atomic mass is 16.5. The van der Waals surface area contributed by atoms with Crippen molar-refractivity contribution in [3.63, 3.8) is 0 Å². The first-order valence-corrected chi connectivity index (χ1v) is 5.06. The maximum absolute atomic E-state index is 11.4. The van der Waals surface area contributed by atoms with Crippen molar-refractivity contribution < 1.29 is 14.6 Å². The van der Waals surface area contributed by atoms with Gasteiger partial charge in [0.2, 0.25) is 0 Å². The normalized spacial score (nSPS) is 10.1. The summed E-state index contributed by atoms with van der Waals surface area (Å²) in [7, 11) is 0. The number of benzene rings is 1. The highest BCUT2D eigenvalue weighted by molar-refractivity contribution is 5.89. The van der Waals surface area contributed by atoms with Crippen molar-refractivity contribution in [1.29, 1.82) is 0 Å². The smallest absolute Gasteiger partial charge is 0.338 e. The number of hydrogen-bond donors (Lipinski definition) is 1. The summed E-state index contributed by atoms with van der Waals surface area (Å²) < 4.78 is 4.90. The Bertz CT molecular complexity index is 345. The van der Waals surface area contributed by atoms with Gasteiger partial charge in [0.25, 0.3) is 0 Å². The van der Waals surface area contributed by atoms with Crippen molar-refractivity contribution in [2.75, 3.05) is 13.2 Å². The quantitative estimate of drug-likeness (QED) is 0.766. The zero-order chi connectivity index (χ0) is 11.3. The molecule has 0 aliphatic heterocycles. The van der Waals surface area contributed by atoms with Gasteiger partial charge in [0.05, 0.1) is 12.2 Å². The molecule has 1 aromatic rings. The molecule has 0 saturated carbocycles. The predicted octanol–water partition coefficient (Wildman–Crippen LogP) is 1.71. The number of ether oxygens (including phenoxy) is 1. The van der Waals surface area contributed by atoms with Crippen LogP contribution in [0.3, 0.4) is 0 Å². The molecule has 0 aliphatic rings. The third-order valence-corrected chi connectivity index (χ3v) is 2.24. The van der Waals surface area contributed by atoms with Gasteiger partial charge < -0.3 is 9.84 Å². The van der Waals surface area contributed by atoms with Crippen molar-refractivity contribution in [2.45, 2.75) is 20.3 Å². The van der Waals surface area contributed by atoms with E-state index in [2.05, 4.69) is 0 Å². The van der Waals surface area contributed by atoms with Gasteiger partial charge in [-0.05, 0) is 43.5 Å². The van der Waals surface area contributed by atoms with Crippen LogP contribution in [-0.2, 0) is 11.2 Å². The van der Waals surface area contributed by atoms with E-state index in [-0.39, 0.29) is 12.6 Å². The fourth-order valence-corrected chi connectivity index (χ4v) is 1.40. The van der Waals surface area contributed by atoms with Crippen LogP contribution in [0.5, 0.6) is 0 Å². The zero-order valence-electron chi connectivity index (χ0n) is 9.12. The zero-order valence-corrected chi connectivity index (χ0v) is 9.12. The number of carbonyl (C=O) groups excluding carboxylic acids is 1. The number of esters is 1. The molecular formula is C12H16O3. The Labute approximate surface area is 89.7 Å². The van der Waals surface area contributed by atoms with Gasteiger partial charge in [-0.15, -0.1) is 0 Å². The molecule has 1 rings (SSSR count). The van der Waals surface area contributed by atoms with Crippen LogP contribution in [0.2, 0.25) is 0 Å². The fourth-order valence-electron chi connectivity index (χ4n) is 1.40. The van der Waals surface area contributed by atoms with E-state index in [1.807, 2.05) is 13.0 Å². The van der Waals surface area contributed by atoms with E-state index in [0.29, 0.717) is 18.6 Å². The van der Waals surface area contributed by atoms with E-state index >= 15 is 0 Å². The predicted molar refractivity (Wildman–Crippen MR) is 57.9 cm³/mol. The van der Waals surface area contributed by atoms with Crippen LogP contribution >= 0.6 is 0 Å². The van der Waals surface area contributed by atoms with Crippen molar-refractivity contribution in [3.05, 3.63) is 34.9 Å². The maximum Gasteiger partial charge on any atom is 0.338 e. The summed E-state index contributed by atoms with van der Waals surface area (Å²) in [5.74, 6) is -0.309. The molecule has 3 nitrogen and oxygen atoms in total. The Kier molecular flexibility index (Phi) is 4.31. The van der Waals surface area contributed by atoms with Gasteiger partial charge in [-0.25, -0.2) is 4.79 Å². The number of hydrogen-bond acceptors (Lipinski definition) is 3. The molecule has 0 amide bonds. The summed E-state index contributed by atoms with van der Waals surface area (Å²) in [5, 5.41) is 8.86. The van der Waals surface area contributed by atoms with Crippen molar-refractivity contribution in [2.24, 2.45) is 0 Å². The van der Waals surface area contributed by atoms with Crippen LogP contribution in [0.25, 0.3) is 0 Å². The Morgan fingerprint density at radius 2 is 2.20 bits per heavy atom. The van der Waals surface area contributed by atoms with Crippen LogP contribution in [0.15, 0.2) is 18.2 Å². The highest BCUT2D eigenvalue weighted by Crippen LogP contribution is 2.12. The molecule has 0 saturated heterocycles. The summed E-state index contributed by atoms with van der Waals surface area (Å²) in [6.45, 7) is 4.20. The van der Waals surface area contributed by atoms with Gasteiger partial charge in [-0.3, -0.25) is 0 Å². The number of rotatable bonds is 4. The van der Waals surface area contributed by atoms with Gasteiger partial charge in [-0.2, -0.15) is 0 Å². The van der Waals surface area contributed by atoms with Gasteiger partial charge in [0, 0.05) is 6.61 Å². The maximum atomic E-state index is 11.4. The molecule has 1 aromatic carbocycles.